The molecular weight excluding hydrogens is 496 g/mol. The topological polar surface area (TPSA) is 17.1 Å². The first kappa shape index (κ1) is 28.9. The van der Waals surface area contributed by atoms with Crippen molar-refractivity contribution in [3.8, 4) is 0 Å². The Balaban J connectivity index is 1.04. The van der Waals surface area contributed by atoms with E-state index in [9.17, 15) is 4.79 Å². The molecule has 6 aliphatic carbocycles. The normalized spacial score (nSPS) is 33.5. The average Bonchev–Trinajstić information content (AvgIpc) is 3.34. The summed E-state index contributed by atoms with van der Waals surface area (Å²) < 4.78 is 0. The zero-order valence-electron chi connectivity index (χ0n) is 26.1. The van der Waals surface area contributed by atoms with E-state index in [0.29, 0.717) is 29.0 Å². The van der Waals surface area contributed by atoms with Gasteiger partial charge in [0, 0.05) is 6.42 Å². The molecule has 3 unspecified atom stereocenters. The lowest BCUT2D eigenvalue weighted by Crippen LogP contribution is -2.29. The summed E-state index contributed by atoms with van der Waals surface area (Å²) in [6.07, 6.45) is 35.7. The maximum atomic E-state index is 13.6. The standard InChI is InChI=1S/C40H54O/c1-4-22-40(24-20-31(21-25-40)30-12-6-5-7-13-30)23-10-17-38(41)33-19-18-32-14-9-16-35(37(32)26-33)36-27-34-15-8-11-28(2)39(34)29(36)3/h5-6,8,12,15,19,28,31,35-36H,3-4,7,9-11,13-14,16-18,20-27H2,1-2H3. The highest BCUT2D eigenvalue weighted by Gasteiger charge is 2.40. The van der Waals surface area contributed by atoms with Gasteiger partial charge in [0.25, 0.3) is 0 Å². The molecule has 0 amide bonds. The molecule has 0 N–H and O–H groups in total. The van der Waals surface area contributed by atoms with Crippen LogP contribution >= 0.6 is 0 Å². The summed E-state index contributed by atoms with van der Waals surface area (Å²) in [6.45, 7) is 9.40. The smallest absolute Gasteiger partial charge is 0.158 e. The molecule has 1 heteroatoms. The van der Waals surface area contributed by atoms with Crippen molar-refractivity contribution >= 4 is 5.78 Å². The third-order valence-electron chi connectivity index (χ3n) is 12.1. The minimum absolute atomic E-state index is 0.444. The van der Waals surface area contributed by atoms with Crippen molar-refractivity contribution in [3.05, 3.63) is 82.0 Å². The molecule has 0 heterocycles. The van der Waals surface area contributed by atoms with Gasteiger partial charge in [0.05, 0.1) is 0 Å². The lowest BCUT2D eigenvalue weighted by Gasteiger charge is -2.41. The minimum atomic E-state index is 0.444. The number of hydrogen-bond acceptors (Lipinski definition) is 1. The quantitative estimate of drug-likeness (QED) is 0.261. The van der Waals surface area contributed by atoms with Crippen molar-refractivity contribution in [1.29, 1.82) is 0 Å². The van der Waals surface area contributed by atoms with Gasteiger partial charge in [-0.3, -0.25) is 4.79 Å². The predicted molar refractivity (Wildman–Crippen MR) is 173 cm³/mol. The molecule has 41 heavy (non-hydrogen) atoms. The lowest BCUT2D eigenvalue weighted by molar-refractivity contribution is -0.116. The van der Waals surface area contributed by atoms with E-state index in [4.69, 9.17) is 0 Å². The van der Waals surface area contributed by atoms with Gasteiger partial charge in [-0.15, -0.1) is 0 Å². The Kier molecular flexibility index (Phi) is 8.90. The molecule has 3 atom stereocenters. The van der Waals surface area contributed by atoms with Crippen LogP contribution in [0.15, 0.2) is 82.0 Å². The highest BCUT2D eigenvalue weighted by atomic mass is 16.1. The van der Waals surface area contributed by atoms with E-state index < -0.39 is 0 Å². The Morgan fingerprint density at radius 1 is 1.07 bits per heavy atom. The van der Waals surface area contributed by atoms with Crippen molar-refractivity contribution in [2.45, 2.75) is 129 Å². The van der Waals surface area contributed by atoms with Gasteiger partial charge in [0.2, 0.25) is 0 Å². The second kappa shape index (κ2) is 12.6. The summed E-state index contributed by atoms with van der Waals surface area (Å²) in [5, 5.41) is 0. The molecule has 6 rings (SSSR count). The summed E-state index contributed by atoms with van der Waals surface area (Å²) in [5.41, 5.74) is 11.1. The van der Waals surface area contributed by atoms with E-state index in [-0.39, 0.29) is 0 Å². The summed E-state index contributed by atoms with van der Waals surface area (Å²) in [5.74, 6) is 3.00. The van der Waals surface area contributed by atoms with Gasteiger partial charge in [-0.05, 0) is 154 Å². The SMILES string of the molecule is C=C1C2=C(C=CCC2C)CC1C1CCCC2=C1CC(C(=O)CCCC1(CCC)CCC(C3=CC=CCC3)CC1)=CC2. The fourth-order valence-corrected chi connectivity index (χ4v) is 9.89. The Bertz CT molecular complexity index is 1220. The third kappa shape index (κ3) is 6.03. The number of carbonyl (C=O) groups is 1. The Hall–Kier alpha value is -2.15. The first-order valence-electron chi connectivity index (χ1n) is 17.4. The van der Waals surface area contributed by atoms with Crippen molar-refractivity contribution in [1.82, 2.24) is 0 Å². The van der Waals surface area contributed by atoms with Crippen LogP contribution in [0.3, 0.4) is 0 Å². The average molecular weight is 551 g/mol. The van der Waals surface area contributed by atoms with Crippen LogP contribution in [0.5, 0.6) is 0 Å². The fourth-order valence-electron chi connectivity index (χ4n) is 9.89. The maximum absolute atomic E-state index is 13.6. The molecule has 0 aromatic carbocycles. The summed E-state index contributed by atoms with van der Waals surface area (Å²) in [4.78, 5) is 13.6. The van der Waals surface area contributed by atoms with Gasteiger partial charge in [0.15, 0.2) is 5.78 Å². The van der Waals surface area contributed by atoms with E-state index in [2.05, 4.69) is 56.9 Å². The molecule has 0 spiro atoms. The predicted octanol–water partition coefficient (Wildman–Crippen LogP) is 11.3. The number of Topliss-reactive ketones (excluding diaryl/α,β-unsaturated/α-hetero) is 1. The van der Waals surface area contributed by atoms with Crippen LogP contribution in [0, 0.1) is 29.1 Å². The Labute approximate surface area is 250 Å². The van der Waals surface area contributed by atoms with E-state index in [1.54, 1.807) is 27.9 Å². The second-order valence-corrected chi connectivity index (χ2v) is 14.6. The molecular formula is C40H54O. The second-order valence-electron chi connectivity index (χ2n) is 14.6. The molecule has 0 aliphatic heterocycles. The fraction of sp³-hybridized carbons (Fsp3) is 0.625. The molecule has 0 bridgehead atoms. The van der Waals surface area contributed by atoms with Crippen molar-refractivity contribution < 1.29 is 4.79 Å². The molecule has 0 saturated heterocycles. The molecule has 220 valence electrons. The Morgan fingerprint density at radius 3 is 2.68 bits per heavy atom. The Morgan fingerprint density at radius 2 is 1.93 bits per heavy atom. The first-order valence-corrected chi connectivity index (χ1v) is 17.4. The van der Waals surface area contributed by atoms with Crippen LogP contribution in [0.25, 0.3) is 0 Å². The van der Waals surface area contributed by atoms with Crippen molar-refractivity contribution in [2.24, 2.45) is 29.1 Å². The van der Waals surface area contributed by atoms with Crippen LogP contribution in [0.2, 0.25) is 0 Å². The number of hydrogen-bond donors (Lipinski definition) is 0. The number of allylic oxidation sites excluding steroid dienone is 13. The van der Waals surface area contributed by atoms with Gasteiger partial charge in [0.1, 0.15) is 0 Å². The molecule has 0 aromatic heterocycles. The minimum Gasteiger partial charge on any atom is -0.295 e. The molecule has 0 aromatic rings. The molecule has 0 radical (unpaired) electrons. The number of carbonyl (C=O) groups excluding carboxylic acids is 1. The summed E-state index contributed by atoms with van der Waals surface area (Å²) in [7, 11) is 0. The summed E-state index contributed by atoms with van der Waals surface area (Å²) >= 11 is 0. The lowest BCUT2D eigenvalue weighted by atomic mass is 9.64. The molecule has 6 aliphatic rings. The van der Waals surface area contributed by atoms with Crippen molar-refractivity contribution in [2.75, 3.05) is 0 Å². The van der Waals surface area contributed by atoms with Crippen LogP contribution in [-0.4, -0.2) is 5.78 Å². The van der Waals surface area contributed by atoms with Gasteiger partial charge in [-0.2, -0.15) is 0 Å². The van der Waals surface area contributed by atoms with Gasteiger partial charge >= 0.3 is 0 Å². The van der Waals surface area contributed by atoms with Crippen LogP contribution in [-0.2, 0) is 4.79 Å². The first-order chi connectivity index (χ1) is 20.0. The monoisotopic (exact) mass is 550 g/mol. The molecule has 1 nitrogen and oxygen atoms in total. The highest BCUT2D eigenvalue weighted by molar-refractivity contribution is 5.96. The van der Waals surface area contributed by atoms with E-state index >= 15 is 0 Å². The van der Waals surface area contributed by atoms with E-state index in [1.165, 1.54) is 82.6 Å². The molecule has 1 fully saturated rings. The van der Waals surface area contributed by atoms with Gasteiger partial charge < -0.3 is 0 Å². The maximum Gasteiger partial charge on any atom is 0.158 e. The number of rotatable bonds is 9. The summed E-state index contributed by atoms with van der Waals surface area (Å²) in [6, 6.07) is 0. The largest absolute Gasteiger partial charge is 0.295 e. The van der Waals surface area contributed by atoms with Crippen LogP contribution < -0.4 is 0 Å². The van der Waals surface area contributed by atoms with E-state index in [1.807, 2.05) is 0 Å². The van der Waals surface area contributed by atoms with Gasteiger partial charge in [-0.1, -0.05) is 80.0 Å². The number of ketones is 1. The highest BCUT2D eigenvalue weighted by Crippen LogP contribution is 2.53. The van der Waals surface area contributed by atoms with Gasteiger partial charge in [-0.25, -0.2) is 0 Å². The van der Waals surface area contributed by atoms with Crippen molar-refractivity contribution in [3.63, 3.8) is 0 Å². The van der Waals surface area contributed by atoms with Crippen LogP contribution in [0.1, 0.15) is 129 Å². The zero-order chi connectivity index (χ0) is 28.4. The molecule has 1 saturated carbocycles. The van der Waals surface area contributed by atoms with Crippen LogP contribution in [0.4, 0.5) is 0 Å². The zero-order valence-corrected chi connectivity index (χ0v) is 26.1. The van der Waals surface area contributed by atoms with E-state index in [0.717, 1.165) is 50.0 Å². The third-order valence-corrected chi connectivity index (χ3v) is 12.1.